The first kappa shape index (κ1) is 15.9. The average Bonchev–Trinajstić information content (AvgIpc) is 2.50. The molecule has 0 fully saturated rings. The highest BCUT2D eigenvalue weighted by Gasteiger charge is 2.06. The lowest BCUT2D eigenvalue weighted by molar-refractivity contribution is -0.119. The fourth-order valence-electron chi connectivity index (χ4n) is 1.87. The second-order valence-electron chi connectivity index (χ2n) is 4.70. The Morgan fingerprint density at radius 1 is 0.955 bits per heavy atom. The van der Waals surface area contributed by atoms with Crippen LogP contribution in [-0.4, -0.2) is 19.0 Å². The van der Waals surface area contributed by atoms with Crippen molar-refractivity contribution in [3.63, 3.8) is 0 Å². The van der Waals surface area contributed by atoms with Crippen LogP contribution in [-0.2, 0) is 11.2 Å². The van der Waals surface area contributed by atoms with Crippen molar-refractivity contribution in [3.8, 4) is 0 Å². The number of nitrogens with one attached hydrogen (secondary N) is 2. The number of rotatable bonds is 6. The van der Waals surface area contributed by atoms with Gasteiger partial charge in [-0.05, 0) is 42.3 Å². The number of anilines is 1. The minimum absolute atomic E-state index is 0.0614. The smallest absolute Gasteiger partial charge is 0.239 e. The Hall–Kier alpha value is -2.50. The summed E-state index contributed by atoms with van der Waals surface area (Å²) in [7, 11) is 0. The van der Waals surface area contributed by atoms with Gasteiger partial charge in [0.05, 0.1) is 12.2 Å². The molecule has 2 aromatic rings. The van der Waals surface area contributed by atoms with Crippen LogP contribution in [0.4, 0.5) is 18.9 Å². The summed E-state index contributed by atoms with van der Waals surface area (Å²) in [6.45, 7) is 0.210. The maximum Gasteiger partial charge on any atom is 0.239 e. The van der Waals surface area contributed by atoms with Gasteiger partial charge in [-0.15, -0.1) is 0 Å². The second-order valence-corrected chi connectivity index (χ2v) is 4.70. The van der Waals surface area contributed by atoms with Crippen molar-refractivity contribution >= 4 is 11.6 Å². The number of carbonyl (C=O) groups excluding carboxylic acids is 1. The summed E-state index contributed by atoms with van der Waals surface area (Å²) in [6.07, 6.45) is 0.556. The minimum atomic E-state index is -0.625. The van der Waals surface area contributed by atoms with E-state index in [-0.39, 0.29) is 24.0 Å². The summed E-state index contributed by atoms with van der Waals surface area (Å²) in [5.41, 5.74) is 0.833. The van der Waals surface area contributed by atoms with E-state index in [1.54, 1.807) is 12.1 Å². The Kier molecular flexibility index (Phi) is 5.41. The van der Waals surface area contributed by atoms with E-state index in [9.17, 15) is 18.0 Å². The first-order valence-corrected chi connectivity index (χ1v) is 6.74. The van der Waals surface area contributed by atoms with E-state index in [4.69, 9.17) is 0 Å². The summed E-state index contributed by atoms with van der Waals surface area (Å²) in [5.74, 6) is -1.86. The molecule has 0 aliphatic carbocycles. The third kappa shape index (κ3) is 4.80. The van der Waals surface area contributed by atoms with E-state index in [1.807, 2.05) is 0 Å². The molecule has 0 atom stereocenters. The van der Waals surface area contributed by atoms with Gasteiger partial charge in [-0.3, -0.25) is 4.79 Å². The Morgan fingerprint density at radius 2 is 1.64 bits per heavy atom. The van der Waals surface area contributed by atoms with Crippen molar-refractivity contribution in [2.45, 2.75) is 6.42 Å². The van der Waals surface area contributed by atoms with Gasteiger partial charge in [0, 0.05) is 6.54 Å². The van der Waals surface area contributed by atoms with Crippen LogP contribution in [0.1, 0.15) is 5.56 Å². The quantitative estimate of drug-likeness (QED) is 0.861. The highest BCUT2D eigenvalue weighted by Crippen LogP contribution is 2.14. The molecule has 0 aliphatic heterocycles. The molecule has 0 bridgehead atoms. The van der Waals surface area contributed by atoms with Crippen LogP contribution in [0.25, 0.3) is 0 Å². The Morgan fingerprint density at radius 3 is 2.36 bits per heavy atom. The third-order valence-electron chi connectivity index (χ3n) is 3.02. The molecule has 2 N–H and O–H groups in total. The van der Waals surface area contributed by atoms with Crippen molar-refractivity contribution < 1.29 is 18.0 Å². The molecule has 0 aromatic heterocycles. The maximum atomic E-state index is 13.3. The number of amides is 1. The fourth-order valence-corrected chi connectivity index (χ4v) is 1.87. The van der Waals surface area contributed by atoms with E-state index >= 15 is 0 Å². The maximum absolute atomic E-state index is 13.3. The molecule has 0 heterocycles. The zero-order chi connectivity index (χ0) is 15.9. The van der Waals surface area contributed by atoms with Gasteiger partial charge in [0.25, 0.3) is 0 Å². The number of benzene rings is 2. The summed E-state index contributed by atoms with van der Waals surface area (Å²) in [4.78, 5) is 11.6. The molecule has 6 heteroatoms. The summed E-state index contributed by atoms with van der Waals surface area (Å²) >= 11 is 0. The van der Waals surface area contributed by atoms with Crippen molar-refractivity contribution in [1.82, 2.24) is 5.32 Å². The van der Waals surface area contributed by atoms with Crippen LogP contribution >= 0.6 is 0 Å². The van der Waals surface area contributed by atoms with Gasteiger partial charge in [-0.2, -0.15) is 0 Å². The lowest BCUT2D eigenvalue weighted by atomic mass is 10.1. The van der Waals surface area contributed by atoms with Crippen molar-refractivity contribution in [3.05, 3.63) is 65.5 Å². The van der Waals surface area contributed by atoms with Crippen molar-refractivity contribution in [2.24, 2.45) is 0 Å². The van der Waals surface area contributed by atoms with Gasteiger partial charge in [0.15, 0.2) is 0 Å². The molecule has 2 rings (SSSR count). The second kappa shape index (κ2) is 7.49. The van der Waals surface area contributed by atoms with Crippen LogP contribution < -0.4 is 10.6 Å². The van der Waals surface area contributed by atoms with Gasteiger partial charge in [0.1, 0.15) is 17.5 Å². The van der Waals surface area contributed by atoms with Crippen molar-refractivity contribution in [2.75, 3.05) is 18.4 Å². The molecule has 0 spiro atoms. The number of hydrogen-bond acceptors (Lipinski definition) is 2. The number of hydrogen-bond donors (Lipinski definition) is 2. The topological polar surface area (TPSA) is 41.1 Å². The first-order chi connectivity index (χ1) is 10.5. The largest absolute Gasteiger partial charge is 0.374 e. The van der Waals surface area contributed by atoms with E-state index in [2.05, 4.69) is 10.6 Å². The highest BCUT2D eigenvalue weighted by molar-refractivity contribution is 5.80. The minimum Gasteiger partial charge on any atom is -0.374 e. The lowest BCUT2D eigenvalue weighted by Crippen LogP contribution is -2.31. The van der Waals surface area contributed by atoms with E-state index in [0.29, 0.717) is 13.0 Å². The molecule has 0 aliphatic rings. The van der Waals surface area contributed by atoms with Crippen LogP contribution in [0.15, 0.2) is 42.5 Å². The molecule has 22 heavy (non-hydrogen) atoms. The zero-order valence-corrected chi connectivity index (χ0v) is 11.7. The van der Waals surface area contributed by atoms with Gasteiger partial charge in [0.2, 0.25) is 5.91 Å². The van der Waals surface area contributed by atoms with Gasteiger partial charge < -0.3 is 10.6 Å². The van der Waals surface area contributed by atoms with E-state index in [0.717, 1.165) is 23.8 Å². The lowest BCUT2D eigenvalue weighted by Gasteiger charge is -2.09. The number of halogens is 3. The summed E-state index contributed by atoms with van der Waals surface area (Å²) in [5, 5.41) is 5.17. The molecule has 0 saturated carbocycles. The molecule has 0 saturated heterocycles. The first-order valence-electron chi connectivity index (χ1n) is 6.74. The molecule has 3 nitrogen and oxygen atoms in total. The fraction of sp³-hybridized carbons (Fsp3) is 0.188. The van der Waals surface area contributed by atoms with E-state index < -0.39 is 11.6 Å². The van der Waals surface area contributed by atoms with Gasteiger partial charge >= 0.3 is 0 Å². The van der Waals surface area contributed by atoms with Crippen LogP contribution in [0.2, 0.25) is 0 Å². The van der Waals surface area contributed by atoms with E-state index in [1.165, 1.54) is 12.1 Å². The monoisotopic (exact) mass is 308 g/mol. The standard InChI is InChI=1S/C16H15F3N2O/c17-12-3-1-11(2-4-12)7-8-20-16(22)10-21-15-9-13(18)5-6-14(15)19/h1-6,9,21H,7-8,10H2,(H,20,22). The Balaban J connectivity index is 1.74. The molecule has 2 aromatic carbocycles. The van der Waals surface area contributed by atoms with Crippen LogP contribution in [0.5, 0.6) is 0 Å². The molecular formula is C16H15F3N2O. The molecule has 1 amide bonds. The Labute approximate surface area is 126 Å². The predicted octanol–water partition coefficient (Wildman–Crippen LogP) is 2.87. The average molecular weight is 308 g/mol. The number of carbonyl (C=O) groups is 1. The van der Waals surface area contributed by atoms with Gasteiger partial charge in [-0.25, -0.2) is 13.2 Å². The molecular weight excluding hydrogens is 293 g/mol. The van der Waals surface area contributed by atoms with Crippen LogP contribution in [0.3, 0.4) is 0 Å². The normalized spacial score (nSPS) is 10.3. The highest BCUT2D eigenvalue weighted by atomic mass is 19.1. The van der Waals surface area contributed by atoms with Gasteiger partial charge in [-0.1, -0.05) is 12.1 Å². The summed E-state index contributed by atoms with van der Waals surface area (Å²) < 4.78 is 39.0. The van der Waals surface area contributed by atoms with Crippen LogP contribution in [0, 0.1) is 17.5 Å². The molecule has 0 unspecified atom stereocenters. The SMILES string of the molecule is O=C(CNc1cc(F)ccc1F)NCCc1ccc(F)cc1. The zero-order valence-electron chi connectivity index (χ0n) is 11.7. The predicted molar refractivity (Wildman–Crippen MR) is 78.0 cm³/mol. The summed E-state index contributed by atoms with van der Waals surface area (Å²) in [6, 6.07) is 8.97. The molecule has 116 valence electrons. The Bertz CT molecular complexity index is 644. The van der Waals surface area contributed by atoms with Crippen molar-refractivity contribution in [1.29, 1.82) is 0 Å². The third-order valence-corrected chi connectivity index (χ3v) is 3.02. The molecule has 0 radical (unpaired) electrons.